The summed E-state index contributed by atoms with van der Waals surface area (Å²) in [6.07, 6.45) is 6.07. The predicted octanol–water partition coefficient (Wildman–Crippen LogP) is 2.59. The summed E-state index contributed by atoms with van der Waals surface area (Å²) in [6, 6.07) is 1.81. The molecule has 1 atom stereocenters. The molecule has 0 saturated carbocycles. The van der Waals surface area contributed by atoms with Gasteiger partial charge in [0.05, 0.1) is 6.10 Å². The van der Waals surface area contributed by atoms with E-state index in [1.54, 1.807) is 6.07 Å². The Hall–Kier alpha value is -1.18. The first-order chi connectivity index (χ1) is 11.2. The lowest BCUT2D eigenvalue weighted by Gasteiger charge is -2.28. The summed E-state index contributed by atoms with van der Waals surface area (Å²) in [5, 5.41) is 7.08. The van der Waals surface area contributed by atoms with E-state index in [1.807, 2.05) is 0 Å². The van der Waals surface area contributed by atoms with E-state index in [0.29, 0.717) is 22.8 Å². The zero-order valence-corrected chi connectivity index (χ0v) is 14.6. The van der Waals surface area contributed by atoms with Gasteiger partial charge in [-0.2, -0.15) is 4.98 Å². The zero-order valence-electron chi connectivity index (χ0n) is 13.1. The number of anilines is 2. The molecule has 8 heteroatoms. The van der Waals surface area contributed by atoms with Crippen LogP contribution in [0.2, 0.25) is 5.15 Å². The lowest BCUT2D eigenvalue weighted by Crippen LogP contribution is -2.35. The van der Waals surface area contributed by atoms with E-state index in [4.69, 9.17) is 28.6 Å². The van der Waals surface area contributed by atoms with Crippen molar-refractivity contribution in [3.05, 3.63) is 11.2 Å². The Morgan fingerprint density at radius 3 is 2.87 bits per heavy atom. The molecule has 1 aromatic heterocycles. The average Bonchev–Trinajstić information content (AvgIpc) is 3.07. The van der Waals surface area contributed by atoms with Gasteiger partial charge in [-0.05, 0) is 44.3 Å². The van der Waals surface area contributed by atoms with Gasteiger partial charge in [-0.3, -0.25) is 0 Å². The summed E-state index contributed by atoms with van der Waals surface area (Å²) in [5.41, 5.74) is 0. The van der Waals surface area contributed by atoms with Crippen molar-refractivity contribution < 1.29 is 4.74 Å². The van der Waals surface area contributed by atoms with Crippen LogP contribution < -0.4 is 15.5 Å². The molecule has 0 bridgehead atoms. The van der Waals surface area contributed by atoms with Gasteiger partial charge in [0.2, 0.25) is 5.95 Å². The van der Waals surface area contributed by atoms with Crippen LogP contribution in [0.3, 0.4) is 0 Å². The maximum absolute atomic E-state index is 6.13. The van der Waals surface area contributed by atoms with Crippen LogP contribution in [-0.4, -0.2) is 47.4 Å². The van der Waals surface area contributed by atoms with E-state index >= 15 is 0 Å². The number of hydrogen-bond donors (Lipinski definition) is 2. The first-order valence-corrected chi connectivity index (χ1v) is 8.95. The molecular formula is C15H22ClN5OS. The largest absolute Gasteiger partial charge is 0.376 e. The Balaban J connectivity index is 1.57. The number of thiocarbonyl (C=S) groups is 1. The molecule has 0 spiro atoms. The van der Waals surface area contributed by atoms with Gasteiger partial charge in [-0.1, -0.05) is 11.6 Å². The molecule has 126 valence electrons. The summed E-state index contributed by atoms with van der Waals surface area (Å²) in [6.45, 7) is 3.55. The molecule has 23 heavy (non-hydrogen) atoms. The number of aromatic nitrogens is 2. The minimum atomic E-state index is 0.235. The van der Waals surface area contributed by atoms with E-state index in [-0.39, 0.29) is 6.10 Å². The molecule has 3 rings (SSSR count). The summed E-state index contributed by atoms with van der Waals surface area (Å²) < 4.78 is 5.56. The van der Waals surface area contributed by atoms with E-state index < -0.39 is 0 Å². The van der Waals surface area contributed by atoms with E-state index in [9.17, 15) is 0 Å². The molecule has 3 heterocycles. The fourth-order valence-corrected chi connectivity index (χ4v) is 3.26. The predicted molar refractivity (Wildman–Crippen MR) is 96.3 cm³/mol. The summed E-state index contributed by atoms with van der Waals surface area (Å²) in [4.78, 5) is 11.0. The van der Waals surface area contributed by atoms with E-state index in [2.05, 4.69) is 25.5 Å². The fraction of sp³-hybridized carbons (Fsp3) is 0.667. The van der Waals surface area contributed by atoms with Gasteiger partial charge < -0.3 is 20.3 Å². The highest BCUT2D eigenvalue weighted by Gasteiger charge is 2.17. The standard InChI is InChI=1S/C15H22ClN5OS/c16-12-9-13(21-6-2-1-3-7-21)19-14(18-12)20-15(23)17-10-11-5-4-8-22-11/h9,11H,1-8,10H2,(H2,17,18,19,20,23)/t11-/m0/s1. The molecule has 0 amide bonds. The molecule has 2 N–H and O–H groups in total. The number of rotatable bonds is 4. The quantitative estimate of drug-likeness (QED) is 0.635. The second kappa shape index (κ2) is 8.08. The summed E-state index contributed by atoms with van der Waals surface area (Å²) in [7, 11) is 0. The molecule has 0 unspecified atom stereocenters. The number of piperidine rings is 1. The van der Waals surface area contributed by atoms with Crippen molar-refractivity contribution in [2.75, 3.05) is 36.5 Å². The van der Waals surface area contributed by atoms with Crippen molar-refractivity contribution >= 4 is 40.7 Å². The van der Waals surface area contributed by atoms with Crippen LogP contribution in [0, 0.1) is 0 Å². The number of hydrogen-bond acceptors (Lipinski definition) is 5. The van der Waals surface area contributed by atoms with Crippen LogP contribution in [-0.2, 0) is 4.74 Å². The number of nitrogens with zero attached hydrogens (tertiary/aromatic N) is 3. The topological polar surface area (TPSA) is 62.3 Å². The highest BCUT2D eigenvalue weighted by atomic mass is 35.5. The second-order valence-electron chi connectivity index (χ2n) is 5.89. The van der Waals surface area contributed by atoms with E-state index in [0.717, 1.165) is 38.4 Å². The van der Waals surface area contributed by atoms with Crippen LogP contribution >= 0.6 is 23.8 Å². The van der Waals surface area contributed by atoms with Crippen molar-refractivity contribution in [1.29, 1.82) is 0 Å². The van der Waals surface area contributed by atoms with Crippen molar-refractivity contribution in [3.63, 3.8) is 0 Å². The van der Waals surface area contributed by atoms with Gasteiger partial charge in [0.1, 0.15) is 11.0 Å². The molecule has 0 aromatic carbocycles. The zero-order chi connectivity index (χ0) is 16.1. The van der Waals surface area contributed by atoms with E-state index in [1.165, 1.54) is 19.3 Å². The van der Waals surface area contributed by atoms with Crippen molar-refractivity contribution in [2.45, 2.75) is 38.2 Å². The van der Waals surface area contributed by atoms with Gasteiger partial charge in [-0.15, -0.1) is 0 Å². The van der Waals surface area contributed by atoms with Crippen molar-refractivity contribution in [2.24, 2.45) is 0 Å². The Morgan fingerprint density at radius 1 is 1.30 bits per heavy atom. The van der Waals surface area contributed by atoms with Crippen molar-refractivity contribution in [1.82, 2.24) is 15.3 Å². The maximum atomic E-state index is 6.13. The lowest BCUT2D eigenvalue weighted by atomic mass is 10.1. The average molecular weight is 356 g/mol. The van der Waals surface area contributed by atoms with Gasteiger partial charge in [-0.25, -0.2) is 4.98 Å². The minimum Gasteiger partial charge on any atom is -0.376 e. The van der Waals surface area contributed by atoms with Gasteiger partial charge in [0.25, 0.3) is 0 Å². The van der Waals surface area contributed by atoms with Crippen LogP contribution in [0.25, 0.3) is 0 Å². The van der Waals surface area contributed by atoms with Crippen molar-refractivity contribution in [3.8, 4) is 0 Å². The molecule has 2 fully saturated rings. The highest BCUT2D eigenvalue weighted by Crippen LogP contribution is 2.21. The second-order valence-corrected chi connectivity index (χ2v) is 6.69. The number of ether oxygens (including phenoxy) is 1. The first kappa shape index (κ1) is 16.7. The molecule has 2 aliphatic rings. The number of nitrogens with one attached hydrogen (secondary N) is 2. The molecule has 2 saturated heterocycles. The first-order valence-electron chi connectivity index (χ1n) is 8.17. The normalized spacial score (nSPS) is 21.3. The van der Waals surface area contributed by atoms with Gasteiger partial charge in [0.15, 0.2) is 5.11 Å². The third kappa shape index (κ3) is 4.89. The fourth-order valence-electron chi connectivity index (χ4n) is 2.90. The smallest absolute Gasteiger partial charge is 0.232 e. The molecule has 0 aliphatic carbocycles. The molecule has 6 nitrogen and oxygen atoms in total. The van der Waals surface area contributed by atoms with Crippen LogP contribution in [0.5, 0.6) is 0 Å². The molecule has 1 aromatic rings. The third-order valence-corrected chi connectivity index (χ3v) is 4.54. The Labute approximate surface area is 147 Å². The number of halogens is 1. The lowest BCUT2D eigenvalue weighted by molar-refractivity contribution is 0.114. The Morgan fingerprint density at radius 2 is 2.13 bits per heavy atom. The summed E-state index contributed by atoms with van der Waals surface area (Å²) >= 11 is 11.4. The van der Waals surface area contributed by atoms with Gasteiger partial charge in [0, 0.05) is 32.3 Å². The maximum Gasteiger partial charge on any atom is 0.232 e. The third-order valence-electron chi connectivity index (χ3n) is 4.10. The highest BCUT2D eigenvalue weighted by molar-refractivity contribution is 7.80. The molecule has 2 aliphatic heterocycles. The minimum absolute atomic E-state index is 0.235. The Bertz CT molecular complexity index is 547. The Kier molecular flexibility index (Phi) is 5.85. The molecule has 0 radical (unpaired) electrons. The summed E-state index contributed by atoms with van der Waals surface area (Å²) in [5.74, 6) is 1.29. The van der Waals surface area contributed by atoms with Gasteiger partial charge >= 0.3 is 0 Å². The SMILES string of the molecule is S=C(NC[C@@H]1CCCO1)Nc1nc(Cl)cc(N2CCCCC2)n1. The van der Waals surface area contributed by atoms with Crippen LogP contribution in [0.1, 0.15) is 32.1 Å². The monoisotopic (exact) mass is 355 g/mol. The van der Waals surface area contributed by atoms with Crippen LogP contribution in [0.15, 0.2) is 6.07 Å². The van der Waals surface area contributed by atoms with Crippen LogP contribution in [0.4, 0.5) is 11.8 Å². The molecular weight excluding hydrogens is 334 g/mol.